The monoisotopic (exact) mass is 661 g/mol. The number of aromatic hydroxyl groups is 1. The lowest BCUT2D eigenvalue weighted by atomic mass is 9.75. The molecule has 6 rings (SSSR count). The predicted molar refractivity (Wildman–Crippen MR) is 187 cm³/mol. The number of anilines is 1. The summed E-state index contributed by atoms with van der Waals surface area (Å²) < 4.78 is 5.46. The van der Waals surface area contributed by atoms with Crippen LogP contribution < -0.4 is 20.7 Å². The van der Waals surface area contributed by atoms with Gasteiger partial charge in [-0.05, 0) is 66.1 Å². The molecule has 1 fully saturated rings. The fourth-order valence-electron chi connectivity index (χ4n) is 7.65. The van der Waals surface area contributed by atoms with Crippen molar-refractivity contribution in [2.45, 2.75) is 86.7 Å². The molecule has 1 saturated carbocycles. The highest BCUT2D eigenvalue weighted by Crippen LogP contribution is 2.54. The molecule has 0 spiro atoms. The van der Waals surface area contributed by atoms with Crippen LogP contribution in [-0.2, 0) is 9.59 Å². The number of methoxy groups -OCH3 is 1. The molecule has 244 valence electrons. The van der Waals surface area contributed by atoms with E-state index in [1.54, 1.807) is 18.2 Å². The summed E-state index contributed by atoms with van der Waals surface area (Å²) in [5, 5.41) is 14.7. The minimum atomic E-state index is -0.268. The van der Waals surface area contributed by atoms with E-state index in [1.165, 1.54) is 37.3 Å². The molecular formula is C36H45N4O4S2+. The van der Waals surface area contributed by atoms with Crippen molar-refractivity contribution >= 4 is 45.0 Å². The molecule has 5 atom stereocenters. The number of benzene rings is 1. The summed E-state index contributed by atoms with van der Waals surface area (Å²) in [6, 6.07) is 5.72. The molecule has 1 aromatic heterocycles. The Balaban J connectivity index is 1.57. The first-order valence-corrected chi connectivity index (χ1v) is 18.8. The SMILES string of the molecule is CCC1CCC(=O)CC(=O)C=Cc2cc(OC)c(O)cc2C2C=CC1SSC(C1([NH+]3C=CNC3)CCCCC1)c1cc2cnc1N. The van der Waals surface area contributed by atoms with Crippen LogP contribution in [0.4, 0.5) is 5.82 Å². The molecule has 1 aromatic carbocycles. The molecular weight excluding hydrogens is 617 g/mol. The number of aromatic nitrogens is 1. The van der Waals surface area contributed by atoms with Gasteiger partial charge < -0.3 is 20.9 Å². The molecule has 2 aliphatic heterocycles. The van der Waals surface area contributed by atoms with Gasteiger partial charge in [0.25, 0.3) is 0 Å². The van der Waals surface area contributed by atoms with Crippen molar-refractivity contribution in [1.29, 1.82) is 0 Å². The number of hydrogen-bond acceptors (Lipinski definition) is 9. The van der Waals surface area contributed by atoms with Gasteiger partial charge in [-0.25, -0.2) is 4.98 Å². The van der Waals surface area contributed by atoms with Crippen LogP contribution in [0.3, 0.4) is 0 Å². The van der Waals surface area contributed by atoms with E-state index in [-0.39, 0.29) is 51.6 Å². The summed E-state index contributed by atoms with van der Waals surface area (Å²) in [6.07, 6.45) is 21.7. The third-order valence-corrected chi connectivity index (χ3v) is 13.6. The number of allylic oxidation sites excluding steroid dienone is 2. The van der Waals surface area contributed by atoms with Crippen LogP contribution in [0, 0.1) is 5.92 Å². The zero-order valence-corrected chi connectivity index (χ0v) is 28.3. The maximum atomic E-state index is 13.0. The Morgan fingerprint density at radius 3 is 2.67 bits per heavy atom. The van der Waals surface area contributed by atoms with Crippen molar-refractivity contribution < 1.29 is 24.3 Å². The number of nitrogens with zero attached hydrogens (tertiary/aromatic N) is 1. The molecule has 2 aromatic rings. The van der Waals surface area contributed by atoms with Gasteiger partial charge in [0, 0.05) is 42.2 Å². The standard InChI is InChI=1S/C36H44N4O4S2/c1-3-23-7-9-26(41)19-27(42)10-8-24-18-32(44-2)31(43)20-29(24)28-11-12-33(23)45-46-34(30-17-25(28)21-39-35(30)37)36(13-5-4-6-14-36)40-16-15-38-22-40/h8,10-12,15-18,20-21,23,28,33-34,38,43H,3-7,9,13-14,19,22H2,1-2H3,(H2,37,39)/p+1. The molecule has 2 aliphatic carbocycles. The maximum absolute atomic E-state index is 13.0. The lowest BCUT2D eigenvalue weighted by Crippen LogP contribution is -3.17. The number of ether oxygens (including phenoxy) is 1. The van der Waals surface area contributed by atoms with Crippen LogP contribution in [0.25, 0.3) is 6.08 Å². The molecule has 0 amide bonds. The van der Waals surface area contributed by atoms with E-state index in [2.05, 4.69) is 42.9 Å². The van der Waals surface area contributed by atoms with Crippen molar-refractivity contribution in [2.24, 2.45) is 5.92 Å². The fraction of sp³-hybridized carbons (Fsp3) is 0.472. The highest BCUT2D eigenvalue weighted by molar-refractivity contribution is 8.77. The zero-order chi connectivity index (χ0) is 32.3. The normalized spacial score (nSPS) is 27.9. The van der Waals surface area contributed by atoms with Crippen molar-refractivity contribution in [3.8, 4) is 11.5 Å². The quantitative estimate of drug-likeness (QED) is 0.182. The van der Waals surface area contributed by atoms with Crippen molar-refractivity contribution in [2.75, 3.05) is 19.5 Å². The van der Waals surface area contributed by atoms with Gasteiger partial charge in [-0.2, -0.15) is 0 Å². The average molecular weight is 662 g/mol. The van der Waals surface area contributed by atoms with Gasteiger partial charge in [-0.15, -0.1) is 0 Å². The fourth-order valence-corrected chi connectivity index (χ4v) is 11.6. The minimum Gasteiger partial charge on any atom is -0.504 e. The van der Waals surface area contributed by atoms with E-state index in [1.807, 2.05) is 27.8 Å². The van der Waals surface area contributed by atoms with E-state index >= 15 is 0 Å². The summed E-state index contributed by atoms with van der Waals surface area (Å²) in [5.74, 6) is 0.611. The second-order valence-electron chi connectivity index (χ2n) is 13.0. The van der Waals surface area contributed by atoms with Crippen LogP contribution in [0.2, 0.25) is 0 Å². The van der Waals surface area contributed by atoms with Crippen LogP contribution >= 0.6 is 21.6 Å². The highest BCUT2D eigenvalue weighted by Gasteiger charge is 2.51. The van der Waals surface area contributed by atoms with Crippen LogP contribution in [0.5, 0.6) is 11.5 Å². The number of Topliss-reactive ketones (excluding diaryl/α,β-unsaturated/α-hetero) is 1. The summed E-state index contributed by atoms with van der Waals surface area (Å²) >= 11 is 0. The van der Waals surface area contributed by atoms with E-state index in [9.17, 15) is 14.7 Å². The molecule has 46 heavy (non-hydrogen) atoms. The summed E-state index contributed by atoms with van der Waals surface area (Å²) in [7, 11) is 5.32. The Bertz CT molecular complexity index is 1550. The lowest BCUT2D eigenvalue weighted by molar-refractivity contribution is -0.903. The Morgan fingerprint density at radius 1 is 1.11 bits per heavy atom. The molecule has 8 nitrogen and oxygen atoms in total. The van der Waals surface area contributed by atoms with Gasteiger partial charge in [-0.3, -0.25) is 14.5 Å². The third kappa shape index (κ3) is 6.62. The Morgan fingerprint density at radius 2 is 1.93 bits per heavy atom. The number of fused-ring (bicyclic) bond motifs is 7. The predicted octanol–water partition coefficient (Wildman–Crippen LogP) is 5.85. The van der Waals surface area contributed by atoms with Crippen LogP contribution in [-0.4, -0.2) is 46.2 Å². The molecule has 5 N–H and O–H groups in total. The molecule has 4 aliphatic rings. The number of nitrogen functional groups attached to an aromatic ring is 1. The number of nitrogens with two attached hydrogens (primary N) is 1. The second kappa shape index (κ2) is 14.3. The van der Waals surface area contributed by atoms with Gasteiger partial charge in [-0.1, -0.05) is 59.6 Å². The second-order valence-corrected chi connectivity index (χ2v) is 15.5. The van der Waals surface area contributed by atoms with Gasteiger partial charge in [0.05, 0.1) is 25.0 Å². The van der Waals surface area contributed by atoms with Gasteiger partial charge in [0.2, 0.25) is 0 Å². The Kier molecular flexibility index (Phi) is 10.2. The summed E-state index contributed by atoms with van der Waals surface area (Å²) in [6.45, 7) is 3.04. The average Bonchev–Trinajstić information content (AvgIpc) is 3.61. The Hall–Kier alpha value is -3.21. The van der Waals surface area contributed by atoms with Crippen molar-refractivity contribution in [3.05, 3.63) is 77.3 Å². The number of phenols is 1. The molecule has 0 radical (unpaired) electrons. The first-order valence-electron chi connectivity index (χ1n) is 16.5. The largest absolute Gasteiger partial charge is 0.504 e. The molecule has 0 saturated heterocycles. The third-order valence-electron chi connectivity index (χ3n) is 10.3. The topological polar surface area (TPSA) is 119 Å². The summed E-state index contributed by atoms with van der Waals surface area (Å²) in [4.78, 5) is 32.1. The smallest absolute Gasteiger partial charge is 0.163 e. The van der Waals surface area contributed by atoms with E-state index < -0.39 is 0 Å². The number of pyridine rings is 1. The number of ketones is 2. The summed E-state index contributed by atoms with van der Waals surface area (Å²) in [5.41, 5.74) is 10.3. The molecule has 5 unspecified atom stereocenters. The maximum Gasteiger partial charge on any atom is 0.163 e. The highest BCUT2D eigenvalue weighted by atomic mass is 33.1. The first-order chi connectivity index (χ1) is 22.3. The van der Waals surface area contributed by atoms with Crippen LogP contribution in [0.15, 0.2) is 55.0 Å². The van der Waals surface area contributed by atoms with Gasteiger partial charge in [0.1, 0.15) is 23.3 Å². The van der Waals surface area contributed by atoms with Gasteiger partial charge in [0.15, 0.2) is 24.0 Å². The van der Waals surface area contributed by atoms with Crippen LogP contribution in [0.1, 0.15) is 98.1 Å². The zero-order valence-electron chi connectivity index (χ0n) is 26.7. The number of rotatable bonds is 4. The minimum absolute atomic E-state index is 0.0234. The number of carbonyl (C=O) groups excluding carboxylic acids is 2. The van der Waals surface area contributed by atoms with E-state index in [0.717, 1.165) is 54.6 Å². The molecule has 3 heterocycles. The van der Waals surface area contributed by atoms with Crippen molar-refractivity contribution in [3.63, 3.8) is 0 Å². The molecule has 4 bridgehead atoms. The lowest BCUT2D eigenvalue weighted by Gasteiger charge is -2.45. The number of quaternary nitrogens is 1. The van der Waals surface area contributed by atoms with Gasteiger partial charge >= 0.3 is 0 Å². The number of nitrogens with one attached hydrogen (secondary N) is 2. The van der Waals surface area contributed by atoms with E-state index in [0.29, 0.717) is 18.0 Å². The number of hydrogen-bond donors (Lipinski definition) is 4. The van der Waals surface area contributed by atoms with Crippen molar-refractivity contribution in [1.82, 2.24) is 10.3 Å². The first kappa shape index (κ1) is 32.7. The number of carbonyl (C=O) groups is 2. The number of phenolic OH excluding ortho intramolecular Hbond substituents is 1. The Labute approximate surface area is 279 Å². The van der Waals surface area contributed by atoms with E-state index in [4.69, 9.17) is 15.5 Å². The molecule has 10 heteroatoms.